The molecule has 1 unspecified atom stereocenters. The van der Waals surface area contributed by atoms with Gasteiger partial charge in [0.2, 0.25) is 0 Å². The van der Waals surface area contributed by atoms with Crippen LogP contribution in [0.1, 0.15) is 18.5 Å². The van der Waals surface area contributed by atoms with E-state index in [4.69, 9.17) is 10.5 Å². The summed E-state index contributed by atoms with van der Waals surface area (Å²) < 4.78 is 5.60. The van der Waals surface area contributed by atoms with Crippen molar-refractivity contribution in [2.45, 2.75) is 25.5 Å². The maximum Gasteiger partial charge on any atom is 0.151 e. The quantitative estimate of drug-likeness (QED) is 0.806. The maximum absolute atomic E-state index is 5.64. The number of hydrogen-bond donors (Lipinski definition) is 1. The summed E-state index contributed by atoms with van der Waals surface area (Å²) in [6, 6.07) is 0. The summed E-state index contributed by atoms with van der Waals surface area (Å²) >= 11 is 0. The van der Waals surface area contributed by atoms with Gasteiger partial charge in [0, 0.05) is 39.1 Å². The fourth-order valence-corrected chi connectivity index (χ4v) is 2.00. The summed E-state index contributed by atoms with van der Waals surface area (Å²) in [5.74, 6) is 0.862. The number of nitrogens with zero attached hydrogens (tertiary/aromatic N) is 3. The van der Waals surface area contributed by atoms with E-state index in [2.05, 4.69) is 14.9 Å². The molecule has 0 spiro atoms. The molecule has 1 fully saturated rings. The molecule has 1 aliphatic heterocycles. The normalized spacial score (nSPS) is 20.0. The third-order valence-corrected chi connectivity index (χ3v) is 2.81. The lowest BCUT2D eigenvalue weighted by Crippen LogP contribution is -2.30. The predicted molar refractivity (Wildman–Crippen MR) is 62.2 cm³/mol. The Kier molecular flexibility index (Phi) is 3.69. The van der Waals surface area contributed by atoms with Crippen LogP contribution in [0.4, 0.5) is 5.82 Å². The molecule has 1 atom stereocenters. The zero-order chi connectivity index (χ0) is 11.4. The van der Waals surface area contributed by atoms with Gasteiger partial charge >= 0.3 is 0 Å². The average Bonchev–Trinajstić information content (AvgIpc) is 2.81. The van der Waals surface area contributed by atoms with Crippen molar-refractivity contribution in [2.24, 2.45) is 5.73 Å². The van der Waals surface area contributed by atoms with Crippen molar-refractivity contribution >= 4 is 5.82 Å². The van der Waals surface area contributed by atoms with Crippen molar-refractivity contribution < 1.29 is 4.74 Å². The SMILES string of the molecule is CN(CC1CCCO1)c1nccnc1CN. The first-order valence-electron chi connectivity index (χ1n) is 5.64. The monoisotopic (exact) mass is 222 g/mol. The minimum absolute atomic E-state index is 0.317. The summed E-state index contributed by atoms with van der Waals surface area (Å²) in [4.78, 5) is 10.6. The van der Waals surface area contributed by atoms with Crippen LogP contribution in [0, 0.1) is 0 Å². The lowest BCUT2D eigenvalue weighted by atomic mass is 10.2. The minimum Gasteiger partial charge on any atom is -0.376 e. The van der Waals surface area contributed by atoms with Gasteiger partial charge in [-0.2, -0.15) is 0 Å². The average molecular weight is 222 g/mol. The predicted octanol–water partition coefficient (Wildman–Crippen LogP) is 0.550. The second-order valence-corrected chi connectivity index (χ2v) is 4.05. The van der Waals surface area contributed by atoms with Crippen molar-refractivity contribution in [1.29, 1.82) is 0 Å². The van der Waals surface area contributed by atoms with Gasteiger partial charge in [-0.3, -0.25) is 4.98 Å². The van der Waals surface area contributed by atoms with Gasteiger partial charge in [0.15, 0.2) is 5.82 Å². The Morgan fingerprint density at radius 1 is 1.50 bits per heavy atom. The standard InChI is InChI=1S/C11H18N4O/c1-15(8-9-3-2-6-16-9)11-10(7-12)13-4-5-14-11/h4-5,9H,2-3,6-8,12H2,1H3. The van der Waals surface area contributed by atoms with Crippen molar-refractivity contribution in [2.75, 3.05) is 25.1 Å². The second kappa shape index (κ2) is 5.23. The largest absolute Gasteiger partial charge is 0.376 e. The molecule has 0 aromatic carbocycles. The van der Waals surface area contributed by atoms with Crippen molar-refractivity contribution in [3.63, 3.8) is 0 Å². The van der Waals surface area contributed by atoms with Crippen molar-refractivity contribution in [3.05, 3.63) is 18.1 Å². The van der Waals surface area contributed by atoms with E-state index in [1.165, 1.54) is 0 Å². The molecule has 1 aliphatic rings. The van der Waals surface area contributed by atoms with Crippen LogP contribution < -0.4 is 10.6 Å². The molecule has 0 radical (unpaired) electrons. The van der Waals surface area contributed by atoms with Crippen LogP contribution in [0.25, 0.3) is 0 Å². The van der Waals surface area contributed by atoms with Gasteiger partial charge in [0.25, 0.3) is 0 Å². The Hall–Kier alpha value is -1.20. The van der Waals surface area contributed by atoms with E-state index in [1.807, 2.05) is 7.05 Å². The third kappa shape index (κ3) is 2.48. The van der Waals surface area contributed by atoms with Crippen molar-refractivity contribution in [1.82, 2.24) is 9.97 Å². The Morgan fingerprint density at radius 3 is 3.00 bits per heavy atom. The lowest BCUT2D eigenvalue weighted by molar-refractivity contribution is 0.116. The molecule has 2 rings (SSSR count). The van der Waals surface area contributed by atoms with Crippen LogP contribution in [-0.2, 0) is 11.3 Å². The number of aromatic nitrogens is 2. The van der Waals surface area contributed by atoms with Crippen LogP contribution in [0.3, 0.4) is 0 Å². The number of likely N-dealkylation sites (N-methyl/N-ethyl adjacent to an activating group) is 1. The molecule has 5 heteroatoms. The maximum atomic E-state index is 5.64. The van der Waals surface area contributed by atoms with Crippen LogP contribution >= 0.6 is 0 Å². The molecule has 1 aromatic heterocycles. The van der Waals surface area contributed by atoms with E-state index in [0.717, 1.165) is 37.5 Å². The van der Waals surface area contributed by atoms with Crippen LogP contribution in [0.5, 0.6) is 0 Å². The Balaban J connectivity index is 2.04. The molecule has 5 nitrogen and oxygen atoms in total. The molecule has 0 amide bonds. The molecule has 0 aliphatic carbocycles. The zero-order valence-electron chi connectivity index (χ0n) is 9.59. The van der Waals surface area contributed by atoms with E-state index in [-0.39, 0.29) is 0 Å². The topological polar surface area (TPSA) is 64.3 Å². The molecule has 88 valence electrons. The zero-order valence-corrected chi connectivity index (χ0v) is 9.59. The Bertz CT molecular complexity index is 339. The first-order chi connectivity index (χ1) is 7.81. The van der Waals surface area contributed by atoms with Crippen molar-refractivity contribution in [3.8, 4) is 0 Å². The first-order valence-corrected chi connectivity index (χ1v) is 5.64. The summed E-state index contributed by atoms with van der Waals surface area (Å²) in [7, 11) is 2.00. The molecule has 0 bridgehead atoms. The van der Waals surface area contributed by atoms with Crippen LogP contribution in [0.15, 0.2) is 12.4 Å². The highest BCUT2D eigenvalue weighted by Gasteiger charge is 2.19. The molecular formula is C11H18N4O. The van der Waals surface area contributed by atoms with Crippen LogP contribution in [0.2, 0.25) is 0 Å². The molecule has 0 saturated carbocycles. The Labute approximate surface area is 95.6 Å². The number of hydrogen-bond acceptors (Lipinski definition) is 5. The van der Waals surface area contributed by atoms with Gasteiger partial charge in [-0.05, 0) is 12.8 Å². The summed E-state index contributed by atoms with van der Waals surface area (Å²) in [5, 5.41) is 0. The summed E-state index contributed by atoms with van der Waals surface area (Å²) in [6.45, 7) is 2.15. The molecule has 2 heterocycles. The fourth-order valence-electron chi connectivity index (χ4n) is 2.00. The van der Waals surface area contributed by atoms with Gasteiger partial charge in [-0.15, -0.1) is 0 Å². The van der Waals surface area contributed by atoms with Gasteiger partial charge in [-0.1, -0.05) is 0 Å². The van der Waals surface area contributed by atoms with E-state index >= 15 is 0 Å². The number of anilines is 1. The van der Waals surface area contributed by atoms with E-state index in [9.17, 15) is 0 Å². The molecule has 1 saturated heterocycles. The molecule has 1 aromatic rings. The fraction of sp³-hybridized carbons (Fsp3) is 0.636. The van der Waals surface area contributed by atoms with Gasteiger partial charge in [0.05, 0.1) is 11.8 Å². The highest BCUT2D eigenvalue weighted by atomic mass is 16.5. The minimum atomic E-state index is 0.317. The third-order valence-electron chi connectivity index (χ3n) is 2.81. The lowest BCUT2D eigenvalue weighted by Gasteiger charge is -2.22. The molecular weight excluding hydrogens is 204 g/mol. The smallest absolute Gasteiger partial charge is 0.151 e. The first kappa shape index (κ1) is 11.3. The summed E-state index contributed by atoms with van der Waals surface area (Å²) in [6.07, 6.45) is 5.97. The van der Waals surface area contributed by atoms with E-state index in [1.54, 1.807) is 12.4 Å². The number of ether oxygens (including phenoxy) is 1. The van der Waals surface area contributed by atoms with E-state index in [0.29, 0.717) is 12.6 Å². The number of nitrogens with two attached hydrogens (primary N) is 1. The molecule has 2 N–H and O–H groups in total. The Morgan fingerprint density at radius 2 is 2.31 bits per heavy atom. The van der Waals surface area contributed by atoms with Gasteiger partial charge < -0.3 is 15.4 Å². The second-order valence-electron chi connectivity index (χ2n) is 4.05. The molecule has 16 heavy (non-hydrogen) atoms. The number of rotatable bonds is 4. The highest BCUT2D eigenvalue weighted by molar-refractivity contribution is 5.42. The van der Waals surface area contributed by atoms with Gasteiger partial charge in [0.1, 0.15) is 0 Å². The van der Waals surface area contributed by atoms with Gasteiger partial charge in [-0.25, -0.2) is 4.98 Å². The summed E-state index contributed by atoms with van der Waals surface area (Å²) in [5.41, 5.74) is 6.47. The van der Waals surface area contributed by atoms with Crippen LogP contribution in [-0.4, -0.2) is 36.3 Å². The van der Waals surface area contributed by atoms with E-state index < -0.39 is 0 Å². The highest BCUT2D eigenvalue weighted by Crippen LogP contribution is 2.17.